The van der Waals surface area contributed by atoms with Gasteiger partial charge in [-0.15, -0.1) is 11.3 Å². The van der Waals surface area contributed by atoms with Gasteiger partial charge in [0.15, 0.2) is 5.75 Å². The van der Waals surface area contributed by atoms with Gasteiger partial charge in [-0.25, -0.2) is 4.98 Å². The number of thiophene rings is 1. The molecule has 0 radical (unpaired) electrons. The molecular formula is C24H27N5O4S. The number of rotatable bonds is 7. The molecule has 0 bridgehead atoms. The zero-order valence-electron chi connectivity index (χ0n) is 18.9. The fourth-order valence-electron chi connectivity index (χ4n) is 4.67. The lowest BCUT2D eigenvalue weighted by atomic mass is 10.0. The number of pyridine rings is 1. The molecule has 3 N–H and O–H groups in total. The van der Waals surface area contributed by atoms with E-state index in [1.807, 2.05) is 24.3 Å². The molecule has 0 spiro atoms. The molecule has 1 aliphatic rings. The van der Waals surface area contributed by atoms with Crippen molar-refractivity contribution >= 4 is 38.2 Å². The average molecular weight is 482 g/mol. The van der Waals surface area contributed by atoms with Crippen LogP contribution in [0.3, 0.4) is 0 Å². The van der Waals surface area contributed by atoms with E-state index >= 15 is 0 Å². The molecule has 1 saturated heterocycles. The first-order chi connectivity index (χ1) is 16.6. The minimum atomic E-state index is -0.222. The molecule has 1 amide bonds. The average Bonchev–Trinajstić information content (AvgIpc) is 3.51. The summed E-state index contributed by atoms with van der Waals surface area (Å²) in [6.07, 6.45) is 5.02. The minimum absolute atomic E-state index is 0.0460. The Labute approximate surface area is 200 Å². The van der Waals surface area contributed by atoms with Crippen molar-refractivity contribution in [3.05, 3.63) is 57.7 Å². The quantitative estimate of drug-likeness (QED) is 0.373. The Kier molecular flexibility index (Phi) is 6.36. The summed E-state index contributed by atoms with van der Waals surface area (Å²) in [4.78, 5) is 36.9. The Morgan fingerprint density at radius 1 is 1.32 bits per heavy atom. The van der Waals surface area contributed by atoms with Crippen LogP contribution in [0.25, 0.3) is 21.0 Å². The van der Waals surface area contributed by atoms with Gasteiger partial charge < -0.3 is 25.0 Å². The fourth-order valence-corrected chi connectivity index (χ4v) is 5.87. The number of hydrogen-bond acceptors (Lipinski definition) is 7. The molecule has 5 rings (SSSR count). The van der Waals surface area contributed by atoms with E-state index in [1.165, 1.54) is 18.4 Å². The summed E-state index contributed by atoms with van der Waals surface area (Å²) in [5.41, 5.74) is 0.568. The van der Waals surface area contributed by atoms with Crippen LogP contribution in [0.15, 0.2) is 41.5 Å². The van der Waals surface area contributed by atoms with Crippen LogP contribution in [-0.4, -0.2) is 69.8 Å². The van der Waals surface area contributed by atoms with Crippen LogP contribution < -0.4 is 15.6 Å². The number of carbonyl (C=O) groups is 1. The number of carbonyl (C=O) groups excluding carboxylic acids is 1. The lowest BCUT2D eigenvalue weighted by Crippen LogP contribution is -2.45. The summed E-state index contributed by atoms with van der Waals surface area (Å²) in [6, 6.07) is 7.74. The van der Waals surface area contributed by atoms with E-state index in [2.05, 4.69) is 20.2 Å². The van der Waals surface area contributed by atoms with Crippen LogP contribution in [0, 0.1) is 0 Å². The number of amides is 1. The molecule has 0 saturated carbocycles. The number of fused-ring (bicyclic) bond motifs is 3. The number of benzene rings is 1. The molecule has 34 heavy (non-hydrogen) atoms. The Balaban J connectivity index is 1.54. The summed E-state index contributed by atoms with van der Waals surface area (Å²) >= 11 is 1.30. The maximum absolute atomic E-state index is 13.7. The van der Waals surface area contributed by atoms with Crippen LogP contribution >= 0.6 is 11.3 Å². The standard InChI is InChI=1S/C24H27N5O4S/c1-33-20-19-21(34-22(20)23(31)27-15-6-10-28(11-7-15)12-13-30)16-4-2-3-5-17(16)29(24(19)32)14-18-25-8-9-26-18/h2-5,8-9,15,30H,6-7,10-14H2,1H3,(H,25,26)(H,27,31). The van der Waals surface area contributed by atoms with E-state index in [1.54, 1.807) is 17.0 Å². The number of para-hydroxylation sites is 1. The van der Waals surface area contributed by atoms with Crippen LogP contribution in [0.2, 0.25) is 0 Å². The van der Waals surface area contributed by atoms with Gasteiger partial charge in [-0.2, -0.15) is 0 Å². The van der Waals surface area contributed by atoms with E-state index in [-0.39, 0.29) is 30.7 Å². The topological polar surface area (TPSA) is 112 Å². The highest BCUT2D eigenvalue weighted by molar-refractivity contribution is 7.22. The zero-order chi connectivity index (χ0) is 23.7. The molecule has 178 valence electrons. The number of hydrogen-bond donors (Lipinski definition) is 3. The molecule has 4 heterocycles. The van der Waals surface area contributed by atoms with Gasteiger partial charge >= 0.3 is 0 Å². The van der Waals surface area contributed by atoms with E-state index in [4.69, 9.17) is 9.84 Å². The Hall–Kier alpha value is -3.21. The third kappa shape index (κ3) is 4.08. The van der Waals surface area contributed by atoms with E-state index < -0.39 is 0 Å². The molecular weight excluding hydrogens is 454 g/mol. The minimum Gasteiger partial charge on any atom is -0.494 e. The number of β-amino-alcohol motifs (C(OH)–C–C–N with tert-alkyl or cyclic N) is 1. The number of H-pyrrole nitrogens is 1. The monoisotopic (exact) mass is 481 g/mol. The van der Waals surface area contributed by atoms with E-state index in [9.17, 15) is 9.59 Å². The third-order valence-corrected chi connectivity index (χ3v) is 7.58. The van der Waals surface area contributed by atoms with Gasteiger partial charge in [0, 0.05) is 43.5 Å². The second-order valence-corrected chi connectivity index (χ2v) is 9.45. The first-order valence-corrected chi connectivity index (χ1v) is 12.2. The second kappa shape index (κ2) is 9.57. The van der Waals surface area contributed by atoms with Gasteiger partial charge in [0.1, 0.15) is 16.1 Å². The Morgan fingerprint density at radius 3 is 2.82 bits per heavy atom. The maximum atomic E-state index is 13.7. The maximum Gasteiger partial charge on any atom is 0.265 e. The van der Waals surface area contributed by atoms with Crippen molar-refractivity contribution in [3.63, 3.8) is 0 Å². The zero-order valence-corrected chi connectivity index (χ0v) is 19.7. The predicted molar refractivity (Wildman–Crippen MR) is 132 cm³/mol. The van der Waals surface area contributed by atoms with Crippen molar-refractivity contribution < 1.29 is 14.6 Å². The second-order valence-electron chi connectivity index (χ2n) is 8.43. The normalized spacial score (nSPS) is 15.2. The number of imidazole rings is 1. The van der Waals surface area contributed by atoms with Crippen LogP contribution in [-0.2, 0) is 6.54 Å². The number of piperidine rings is 1. The highest BCUT2D eigenvalue weighted by Gasteiger charge is 2.27. The van der Waals surface area contributed by atoms with Crippen LogP contribution in [0.4, 0.5) is 0 Å². The summed E-state index contributed by atoms with van der Waals surface area (Å²) in [7, 11) is 1.50. The van der Waals surface area contributed by atoms with E-state index in [0.717, 1.165) is 41.5 Å². The van der Waals surface area contributed by atoms with Crippen molar-refractivity contribution in [2.45, 2.75) is 25.4 Å². The molecule has 0 aliphatic carbocycles. The van der Waals surface area contributed by atoms with Crippen LogP contribution in [0.5, 0.6) is 5.75 Å². The molecule has 4 aromatic rings. The smallest absolute Gasteiger partial charge is 0.265 e. The number of aromatic amines is 1. The highest BCUT2D eigenvalue weighted by Crippen LogP contribution is 2.39. The number of ether oxygens (including phenoxy) is 1. The summed E-state index contributed by atoms with van der Waals surface area (Å²) in [5, 5.41) is 13.6. The van der Waals surface area contributed by atoms with Crippen molar-refractivity contribution in [2.75, 3.05) is 33.4 Å². The van der Waals surface area contributed by atoms with E-state index in [0.29, 0.717) is 28.4 Å². The first-order valence-electron chi connectivity index (χ1n) is 11.3. The number of methoxy groups -OCH3 is 1. The van der Waals surface area contributed by atoms with Crippen LogP contribution in [0.1, 0.15) is 28.3 Å². The first kappa shape index (κ1) is 22.6. The van der Waals surface area contributed by atoms with Gasteiger partial charge in [-0.05, 0) is 18.9 Å². The Bertz CT molecular complexity index is 1370. The lowest BCUT2D eigenvalue weighted by Gasteiger charge is -2.31. The van der Waals surface area contributed by atoms with Gasteiger partial charge in [-0.3, -0.25) is 14.2 Å². The van der Waals surface area contributed by atoms with Crippen molar-refractivity contribution in [3.8, 4) is 5.75 Å². The summed E-state index contributed by atoms with van der Waals surface area (Å²) in [5.74, 6) is 0.769. The van der Waals surface area contributed by atoms with Gasteiger partial charge in [0.25, 0.3) is 11.5 Å². The van der Waals surface area contributed by atoms with Gasteiger partial charge in [-0.1, -0.05) is 18.2 Å². The van der Waals surface area contributed by atoms with Crippen molar-refractivity contribution in [1.82, 2.24) is 24.8 Å². The SMILES string of the molecule is COc1c(C(=O)NC2CCN(CCO)CC2)sc2c1c(=O)n(Cc1ncc[nH]1)c1ccccc21. The van der Waals surface area contributed by atoms with Crippen molar-refractivity contribution in [2.24, 2.45) is 0 Å². The number of aliphatic hydroxyl groups excluding tert-OH is 1. The Morgan fingerprint density at radius 2 is 2.12 bits per heavy atom. The molecule has 3 aromatic heterocycles. The molecule has 1 fully saturated rings. The fraction of sp³-hybridized carbons (Fsp3) is 0.375. The third-order valence-electron chi connectivity index (χ3n) is 6.38. The molecule has 0 unspecified atom stereocenters. The predicted octanol–water partition coefficient (Wildman–Crippen LogP) is 2.18. The number of nitrogens with zero attached hydrogens (tertiary/aromatic N) is 3. The molecule has 0 atom stereocenters. The van der Waals surface area contributed by atoms with Gasteiger partial charge in [0.2, 0.25) is 0 Å². The van der Waals surface area contributed by atoms with Gasteiger partial charge in [0.05, 0.1) is 30.5 Å². The molecule has 1 aromatic carbocycles. The number of likely N-dealkylation sites (tertiary alicyclic amines) is 1. The summed E-state index contributed by atoms with van der Waals surface area (Å²) < 4.78 is 8.07. The largest absolute Gasteiger partial charge is 0.494 e. The lowest BCUT2D eigenvalue weighted by molar-refractivity contribution is 0.0904. The molecule has 10 heteroatoms. The number of aliphatic hydroxyl groups is 1. The highest BCUT2D eigenvalue weighted by atomic mass is 32.1. The summed E-state index contributed by atoms with van der Waals surface area (Å²) in [6.45, 7) is 2.74. The molecule has 1 aliphatic heterocycles. The molecule has 9 nitrogen and oxygen atoms in total. The number of nitrogens with one attached hydrogen (secondary N) is 2. The van der Waals surface area contributed by atoms with Crippen molar-refractivity contribution in [1.29, 1.82) is 0 Å². The number of aromatic nitrogens is 3.